The zero-order valence-corrected chi connectivity index (χ0v) is 9.65. The van der Waals surface area contributed by atoms with E-state index in [-0.39, 0.29) is 11.7 Å². The Morgan fingerprint density at radius 3 is 2.71 bits per heavy atom. The largest absolute Gasteiger partial charge is 0.399 e. The summed E-state index contributed by atoms with van der Waals surface area (Å²) in [6, 6.07) is 6.86. The summed E-state index contributed by atoms with van der Waals surface area (Å²) in [5, 5.41) is 6.40. The summed E-state index contributed by atoms with van der Waals surface area (Å²) in [7, 11) is 0. The molecule has 1 amide bonds. The number of aromatic nitrogens is 1. The maximum atomic E-state index is 11.8. The van der Waals surface area contributed by atoms with Crippen LogP contribution in [0.15, 0.2) is 28.8 Å². The fraction of sp³-hybridized carbons (Fsp3) is 0.167. The van der Waals surface area contributed by atoms with Gasteiger partial charge in [-0.2, -0.15) is 0 Å². The van der Waals surface area contributed by atoms with Crippen molar-refractivity contribution in [3.63, 3.8) is 0 Å². The van der Waals surface area contributed by atoms with Gasteiger partial charge in [-0.3, -0.25) is 4.79 Å². The van der Waals surface area contributed by atoms with Crippen LogP contribution in [0.3, 0.4) is 0 Å². The van der Waals surface area contributed by atoms with Gasteiger partial charge in [0.25, 0.3) is 5.91 Å². The van der Waals surface area contributed by atoms with E-state index in [1.165, 1.54) is 0 Å². The van der Waals surface area contributed by atoms with Crippen LogP contribution in [0.1, 0.15) is 21.8 Å². The van der Waals surface area contributed by atoms with Gasteiger partial charge in [-0.25, -0.2) is 0 Å². The van der Waals surface area contributed by atoms with Crippen LogP contribution >= 0.6 is 0 Å². The summed E-state index contributed by atoms with van der Waals surface area (Å²) in [6.45, 7) is 3.63. The summed E-state index contributed by atoms with van der Waals surface area (Å²) >= 11 is 0. The van der Waals surface area contributed by atoms with E-state index in [0.29, 0.717) is 17.1 Å². The Bertz CT molecular complexity index is 561. The number of nitrogen functional groups attached to an aromatic ring is 1. The number of hydrogen-bond donors (Lipinski definition) is 2. The molecular formula is C12H13N3O2. The molecule has 1 aromatic heterocycles. The molecule has 0 bridgehead atoms. The molecule has 0 unspecified atom stereocenters. The molecule has 5 heteroatoms. The van der Waals surface area contributed by atoms with Crippen molar-refractivity contribution in [1.82, 2.24) is 5.16 Å². The molecule has 0 aliphatic rings. The van der Waals surface area contributed by atoms with Gasteiger partial charge >= 0.3 is 0 Å². The van der Waals surface area contributed by atoms with Gasteiger partial charge in [-0.15, -0.1) is 0 Å². The molecule has 0 saturated carbocycles. The first kappa shape index (κ1) is 11.2. The minimum atomic E-state index is -0.321. The zero-order chi connectivity index (χ0) is 12.4. The molecule has 0 fully saturated rings. The number of benzene rings is 1. The Morgan fingerprint density at radius 1 is 1.35 bits per heavy atom. The van der Waals surface area contributed by atoms with Crippen molar-refractivity contribution in [2.24, 2.45) is 0 Å². The Balaban J connectivity index is 2.18. The number of rotatable bonds is 2. The fourth-order valence-electron chi connectivity index (χ4n) is 1.48. The van der Waals surface area contributed by atoms with E-state index in [1.807, 2.05) is 6.92 Å². The van der Waals surface area contributed by atoms with E-state index < -0.39 is 0 Å². The molecule has 2 rings (SSSR count). The summed E-state index contributed by atoms with van der Waals surface area (Å²) in [4.78, 5) is 11.8. The smallest absolute Gasteiger partial charge is 0.294 e. The van der Waals surface area contributed by atoms with Crippen LogP contribution in [0.5, 0.6) is 0 Å². The van der Waals surface area contributed by atoms with Crippen molar-refractivity contribution in [1.29, 1.82) is 0 Å². The SMILES string of the molecule is Cc1cc(C(=O)Nc2ccc(N)cc2C)on1. The topological polar surface area (TPSA) is 81.2 Å². The molecule has 0 radical (unpaired) electrons. The van der Waals surface area contributed by atoms with Crippen molar-refractivity contribution in [3.8, 4) is 0 Å². The molecule has 88 valence electrons. The quantitative estimate of drug-likeness (QED) is 0.776. The van der Waals surface area contributed by atoms with Gasteiger partial charge < -0.3 is 15.6 Å². The van der Waals surface area contributed by atoms with Crippen LogP contribution in [0.25, 0.3) is 0 Å². The summed E-state index contributed by atoms with van der Waals surface area (Å²) in [5.41, 5.74) is 8.57. The highest BCUT2D eigenvalue weighted by atomic mass is 16.5. The van der Waals surface area contributed by atoms with Crippen LogP contribution in [-0.2, 0) is 0 Å². The molecule has 2 aromatic rings. The van der Waals surface area contributed by atoms with Crippen molar-refractivity contribution in [2.75, 3.05) is 11.1 Å². The second kappa shape index (κ2) is 4.29. The summed E-state index contributed by atoms with van der Waals surface area (Å²) in [6.07, 6.45) is 0. The van der Waals surface area contributed by atoms with Gasteiger partial charge in [-0.1, -0.05) is 5.16 Å². The predicted molar refractivity (Wildman–Crippen MR) is 64.8 cm³/mol. The van der Waals surface area contributed by atoms with Gasteiger partial charge in [0.2, 0.25) is 5.76 Å². The third kappa shape index (κ3) is 2.44. The molecule has 1 heterocycles. The van der Waals surface area contributed by atoms with E-state index in [9.17, 15) is 4.79 Å². The number of aryl methyl sites for hydroxylation is 2. The number of nitrogens with one attached hydrogen (secondary N) is 1. The van der Waals surface area contributed by atoms with E-state index in [2.05, 4.69) is 10.5 Å². The average molecular weight is 231 g/mol. The maximum absolute atomic E-state index is 11.8. The first-order valence-electron chi connectivity index (χ1n) is 5.17. The molecule has 0 spiro atoms. The molecule has 17 heavy (non-hydrogen) atoms. The lowest BCUT2D eigenvalue weighted by Crippen LogP contribution is -2.11. The van der Waals surface area contributed by atoms with Gasteiger partial charge in [0.05, 0.1) is 5.69 Å². The highest BCUT2D eigenvalue weighted by Crippen LogP contribution is 2.18. The standard InChI is InChI=1S/C12H13N3O2/c1-7-5-9(13)3-4-10(7)14-12(16)11-6-8(2)15-17-11/h3-6H,13H2,1-2H3,(H,14,16). The number of amides is 1. The molecular weight excluding hydrogens is 218 g/mol. The van der Waals surface area contributed by atoms with Crippen molar-refractivity contribution in [3.05, 3.63) is 41.3 Å². The molecule has 0 aliphatic heterocycles. The monoisotopic (exact) mass is 231 g/mol. The van der Waals surface area contributed by atoms with E-state index >= 15 is 0 Å². The van der Waals surface area contributed by atoms with E-state index in [0.717, 1.165) is 5.56 Å². The fourth-order valence-corrected chi connectivity index (χ4v) is 1.48. The predicted octanol–water partition coefficient (Wildman–Crippen LogP) is 2.13. The average Bonchev–Trinajstić information content (AvgIpc) is 2.69. The van der Waals surface area contributed by atoms with Crippen LogP contribution in [0.4, 0.5) is 11.4 Å². The minimum absolute atomic E-state index is 0.193. The van der Waals surface area contributed by atoms with Gasteiger partial charge in [0, 0.05) is 17.4 Å². The van der Waals surface area contributed by atoms with Gasteiger partial charge in [-0.05, 0) is 37.6 Å². The lowest BCUT2D eigenvalue weighted by Gasteiger charge is -2.07. The number of carbonyl (C=O) groups excluding carboxylic acids is 1. The van der Waals surface area contributed by atoms with Gasteiger partial charge in [0.15, 0.2) is 0 Å². The van der Waals surface area contributed by atoms with Crippen molar-refractivity contribution >= 4 is 17.3 Å². The highest BCUT2D eigenvalue weighted by Gasteiger charge is 2.12. The second-order valence-corrected chi connectivity index (χ2v) is 3.86. The Kier molecular flexibility index (Phi) is 2.82. The molecule has 0 saturated heterocycles. The molecule has 3 N–H and O–H groups in total. The number of hydrogen-bond acceptors (Lipinski definition) is 4. The van der Waals surface area contributed by atoms with Gasteiger partial charge in [0.1, 0.15) is 0 Å². The molecule has 0 aliphatic carbocycles. The third-order valence-corrected chi connectivity index (χ3v) is 2.35. The summed E-state index contributed by atoms with van der Waals surface area (Å²) < 4.78 is 4.88. The number of nitrogens with two attached hydrogens (primary N) is 1. The lowest BCUT2D eigenvalue weighted by atomic mass is 10.2. The van der Waals surface area contributed by atoms with Crippen molar-refractivity contribution < 1.29 is 9.32 Å². The van der Waals surface area contributed by atoms with Crippen LogP contribution < -0.4 is 11.1 Å². The Labute approximate surface area is 98.6 Å². The number of anilines is 2. The highest BCUT2D eigenvalue weighted by molar-refractivity contribution is 6.02. The Morgan fingerprint density at radius 2 is 2.12 bits per heavy atom. The lowest BCUT2D eigenvalue weighted by molar-refractivity contribution is 0.0988. The van der Waals surface area contributed by atoms with Crippen molar-refractivity contribution in [2.45, 2.75) is 13.8 Å². The number of nitrogens with zero attached hydrogens (tertiary/aromatic N) is 1. The third-order valence-electron chi connectivity index (χ3n) is 2.35. The Hall–Kier alpha value is -2.30. The first-order chi connectivity index (χ1) is 8.06. The van der Waals surface area contributed by atoms with Crippen LogP contribution in [-0.4, -0.2) is 11.1 Å². The van der Waals surface area contributed by atoms with Crippen LogP contribution in [0, 0.1) is 13.8 Å². The number of carbonyl (C=O) groups is 1. The second-order valence-electron chi connectivity index (χ2n) is 3.86. The normalized spacial score (nSPS) is 10.2. The molecule has 1 aromatic carbocycles. The minimum Gasteiger partial charge on any atom is -0.399 e. The molecule has 0 atom stereocenters. The van der Waals surface area contributed by atoms with E-state index in [1.54, 1.807) is 31.2 Å². The zero-order valence-electron chi connectivity index (χ0n) is 9.65. The van der Waals surface area contributed by atoms with Crippen LogP contribution in [0.2, 0.25) is 0 Å². The van der Waals surface area contributed by atoms with E-state index in [4.69, 9.17) is 10.3 Å². The first-order valence-corrected chi connectivity index (χ1v) is 5.17. The molecule has 5 nitrogen and oxygen atoms in total. The maximum Gasteiger partial charge on any atom is 0.294 e. The summed E-state index contributed by atoms with van der Waals surface area (Å²) in [5.74, 6) is -0.128.